The minimum absolute atomic E-state index is 0.242. The Bertz CT molecular complexity index is 244. The van der Waals surface area contributed by atoms with Gasteiger partial charge in [0.2, 0.25) is 0 Å². The quantitative estimate of drug-likeness (QED) is 0.226. The van der Waals surface area contributed by atoms with Crippen molar-refractivity contribution in [3.05, 3.63) is 38.2 Å². The van der Waals surface area contributed by atoms with Gasteiger partial charge in [0, 0.05) is 6.08 Å². The van der Waals surface area contributed by atoms with Gasteiger partial charge in [-0.1, -0.05) is 32.6 Å². The zero-order valence-electron chi connectivity index (χ0n) is 10.3. The highest BCUT2D eigenvalue weighted by Crippen LogP contribution is 1.88. The first kappa shape index (κ1) is 17.6. The standard InChI is InChI=1S/C7H12O2.C6H8O2/c1-3-5-6-9-7(8)4-2;1-3-5-6(7)8-4-2/h4H,2-3,5-6H2,1H3;3-4H,1-2,5H2. The van der Waals surface area contributed by atoms with Crippen LogP contribution in [-0.2, 0) is 19.1 Å². The molecule has 0 aliphatic heterocycles. The number of ether oxygens (including phenoxy) is 2. The molecule has 0 saturated heterocycles. The minimum atomic E-state index is -0.330. The molecule has 0 rings (SSSR count). The maximum absolute atomic E-state index is 10.3. The third-order valence-corrected chi connectivity index (χ3v) is 1.43. The monoisotopic (exact) mass is 240 g/mol. The second kappa shape index (κ2) is 14.2. The molecular weight excluding hydrogens is 220 g/mol. The number of carbonyl (C=O) groups excluding carboxylic acids is 2. The van der Waals surface area contributed by atoms with Crippen LogP contribution in [0.5, 0.6) is 0 Å². The van der Waals surface area contributed by atoms with Crippen LogP contribution in [0.3, 0.4) is 0 Å². The van der Waals surface area contributed by atoms with Crippen LogP contribution >= 0.6 is 0 Å². The number of unbranched alkanes of at least 4 members (excludes halogenated alkanes) is 1. The van der Waals surface area contributed by atoms with Crippen LogP contribution in [0, 0.1) is 0 Å². The maximum Gasteiger partial charge on any atom is 0.330 e. The number of rotatable bonds is 7. The van der Waals surface area contributed by atoms with Crippen molar-refractivity contribution in [1.82, 2.24) is 0 Å². The lowest BCUT2D eigenvalue weighted by molar-refractivity contribution is -0.138. The SMILES string of the molecule is C=CC(=O)OCCCC.C=CCC(=O)OC=C. The normalized spacial score (nSPS) is 8.06. The lowest BCUT2D eigenvalue weighted by Crippen LogP contribution is -2.00. The van der Waals surface area contributed by atoms with E-state index < -0.39 is 0 Å². The topological polar surface area (TPSA) is 52.6 Å². The zero-order valence-corrected chi connectivity index (χ0v) is 10.3. The Kier molecular flexibility index (Phi) is 14.6. The molecule has 0 spiro atoms. The van der Waals surface area contributed by atoms with E-state index in [1.165, 1.54) is 12.2 Å². The number of hydrogen-bond acceptors (Lipinski definition) is 4. The van der Waals surface area contributed by atoms with Crippen molar-refractivity contribution in [3.8, 4) is 0 Å². The maximum atomic E-state index is 10.3. The van der Waals surface area contributed by atoms with Crippen LogP contribution in [0.15, 0.2) is 38.2 Å². The molecule has 0 aromatic rings. The Balaban J connectivity index is 0. The summed E-state index contributed by atoms with van der Waals surface area (Å²) in [5, 5.41) is 0. The Hall–Kier alpha value is -1.84. The fraction of sp³-hybridized carbons (Fsp3) is 0.385. The third-order valence-electron chi connectivity index (χ3n) is 1.43. The highest BCUT2D eigenvalue weighted by atomic mass is 16.5. The molecule has 0 radical (unpaired) electrons. The zero-order chi connectivity index (χ0) is 13.5. The van der Waals surface area contributed by atoms with Gasteiger partial charge in [0.1, 0.15) is 0 Å². The molecule has 4 heteroatoms. The van der Waals surface area contributed by atoms with Gasteiger partial charge in [0.25, 0.3) is 0 Å². The van der Waals surface area contributed by atoms with Crippen LogP contribution in [-0.4, -0.2) is 18.5 Å². The highest BCUT2D eigenvalue weighted by Gasteiger charge is 1.92. The average molecular weight is 240 g/mol. The van der Waals surface area contributed by atoms with Gasteiger partial charge in [0.15, 0.2) is 0 Å². The van der Waals surface area contributed by atoms with E-state index in [9.17, 15) is 9.59 Å². The number of carbonyl (C=O) groups is 2. The number of hydrogen-bond donors (Lipinski definition) is 0. The Labute approximate surface area is 103 Å². The fourth-order valence-electron chi connectivity index (χ4n) is 0.635. The summed E-state index contributed by atoms with van der Waals surface area (Å²) in [5.74, 6) is -0.654. The van der Waals surface area contributed by atoms with Gasteiger partial charge in [0.05, 0.1) is 19.3 Å². The lowest BCUT2D eigenvalue weighted by Gasteiger charge is -1.97. The molecule has 0 aliphatic carbocycles. The predicted molar refractivity (Wildman–Crippen MR) is 67.2 cm³/mol. The van der Waals surface area contributed by atoms with Gasteiger partial charge in [-0.3, -0.25) is 4.79 Å². The molecule has 0 heterocycles. The van der Waals surface area contributed by atoms with Gasteiger partial charge in [-0.2, -0.15) is 0 Å². The van der Waals surface area contributed by atoms with Crippen LogP contribution in [0.1, 0.15) is 26.2 Å². The molecule has 0 aliphatic rings. The summed E-state index contributed by atoms with van der Waals surface area (Å²) < 4.78 is 9.01. The lowest BCUT2D eigenvalue weighted by atomic mass is 10.4. The summed E-state index contributed by atoms with van der Waals surface area (Å²) in [6.45, 7) is 12.4. The van der Waals surface area contributed by atoms with Gasteiger partial charge in [-0.15, -0.1) is 6.58 Å². The Morgan fingerprint density at radius 1 is 1.24 bits per heavy atom. The van der Waals surface area contributed by atoms with Crippen molar-refractivity contribution in [2.45, 2.75) is 26.2 Å². The van der Waals surface area contributed by atoms with Crippen molar-refractivity contribution in [3.63, 3.8) is 0 Å². The van der Waals surface area contributed by atoms with Crippen molar-refractivity contribution >= 4 is 11.9 Å². The van der Waals surface area contributed by atoms with Crippen molar-refractivity contribution in [2.24, 2.45) is 0 Å². The molecule has 0 fully saturated rings. The van der Waals surface area contributed by atoms with Crippen molar-refractivity contribution in [2.75, 3.05) is 6.61 Å². The molecule has 0 atom stereocenters. The second-order valence-corrected chi connectivity index (χ2v) is 2.87. The summed E-state index contributed by atoms with van der Waals surface area (Å²) in [6, 6.07) is 0. The van der Waals surface area contributed by atoms with Gasteiger partial charge in [-0.25, -0.2) is 4.79 Å². The first-order valence-electron chi connectivity index (χ1n) is 5.32. The largest absolute Gasteiger partial charge is 0.463 e. The van der Waals surface area contributed by atoms with E-state index >= 15 is 0 Å². The van der Waals surface area contributed by atoms with Gasteiger partial charge in [-0.05, 0) is 6.42 Å². The van der Waals surface area contributed by atoms with E-state index in [-0.39, 0.29) is 18.4 Å². The molecule has 0 N–H and O–H groups in total. The smallest absolute Gasteiger partial charge is 0.330 e. The summed E-state index contributed by atoms with van der Waals surface area (Å²) in [5.41, 5.74) is 0. The molecule has 0 saturated carbocycles. The molecule has 17 heavy (non-hydrogen) atoms. The Morgan fingerprint density at radius 2 is 1.88 bits per heavy atom. The summed E-state index contributed by atoms with van der Waals surface area (Å²) in [6.07, 6.45) is 5.98. The van der Waals surface area contributed by atoms with Crippen LogP contribution in [0.25, 0.3) is 0 Å². The first-order chi connectivity index (χ1) is 8.12. The van der Waals surface area contributed by atoms with E-state index in [1.807, 2.05) is 6.92 Å². The minimum Gasteiger partial charge on any atom is -0.463 e. The average Bonchev–Trinajstić information content (AvgIpc) is 2.30. The third kappa shape index (κ3) is 16.8. The van der Waals surface area contributed by atoms with Crippen LogP contribution in [0.2, 0.25) is 0 Å². The van der Waals surface area contributed by atoms with Crippen molar-refractivity contribution < 1.29 is 19.1 Å². The fourth-order valence-corrected chi connectivity index (χ4v) is 0.635. The predicted octanol–water partition coefficient (Wildman–Crippen LogP) is 2.76. The molecule has 0 unspecified atom stereocenters. The molecule has 4 nitrogen and oxygen atoms in total. The van der Waals surface area contributed by atoms with Gasteiger partial charge < -0.3 is 9.47 Å². The summed E-state index contributed by atoms with van der Waals surface area (Å²) in [4.78, 5) is 20.6. The second-order valence-electron chi connectivity index (χ2n) is 2.87. The molecule has 0 aromatic heterocycles. The molecule has 0 bridgehead atoms. The first-order valence-corrected chi connectivity index (χ1v) is 5.32. The highest BCUT2D eigenvalue weighted by molar-refractivity contribution is 5.81. The molecular formula is C13H20O4. The van der Waals surface area contributed by atoms with E-state index in [2.05, 4.69) is 29.2 Å². The molecule has 0 amide bonds. The van der Waals surface area contributed by atoms with E-state index in [0.29, 0.717) is 6.61 Å². The Morgan fingerprint density at radius 3 is 2.29 bits per heavy atom. The molecule has 0 aromatic carbocycles. The molecule has 96 valence electrons. The summed E-state index contributed by atoms with van der Waals surface area (Å²) >= 11 is 0. The van der Waals surface area contributed by atoms with Crippen LogP contribution < -0.4 is 0 Å². The summed E-state index contributed by atoms with van der Waals surface area (Å²) in [7, 11) is 0. The van der Waals surface area contributed by atoms with Gasteiger partial charge >= 0.3 is 11.9 Å². The van der Waals surface area contributed by atoms with E-state index in [4.69, 9.17) is 0 Å². The van der Waals surface area contributed by atoms with Crippen molar-refractivity contribution in [1.29, 1.82) is 0 Å². The number of esters is 2. The van der Waals surface area contributed by atoms with Crippen LogP contribution in [0.4, 0.5) is 0 Å². The van der Waals surface area contributed by atoms with E-state index in [1.54, 1.807) is 0 Å². The van der Waals surface area contributed by atoms with E-state index in [0.717, 1.165) is 19.1 Å².